The molecule has 0 radical (unpaired) electrons. The Morgan fingerprint density at radius 3 is 2.69 bits per heavy atom. The van der Waals surface area contributed by atoms with Crippen molar-refractivity contribution in [1.82, 2.24) is 9.88 Å². The zero-order chi connectivity index (χ0) is 19.3. The van der Waals surface area contributed by atoms with Gasteiger partial charge < -0.3 is 14.6 Å². The standard InChI is InChI=1S/C20H27N3O3/c1-13(2)7-8-23-14(3)9-16(15(23)4)10-17(11-21)20(25)26-12-19(24)22-18-5-6-18/h9-10,13,18H,5-8,12H2,1-4H3,(H,22,24)/b17-10+. The van der Waals surface area contributed by atoms with Crippen LogP contribution in [0.5, 0.6) is 0 Å². The summed E-state index contributed by atoms with van der Waals surface area (Å²) in [5.74, 6) is -0.503. The highest BCUT2D eigenvalue weighted by Crippen LogP contribution is 2.20. The van der Waals surface area contributed by atoms with Crippen molar-refractivity contribution in [2.45, 2.75) is 59.5 Å². The predicted molar refractivity (Wildman–Crippen MR) is 99.1 cm³/mol. The SMILES string of the molecule is Cc1cc(/C=C(\C#N)C(=O)OCC(=O)NC2CC2)c(C)n1CCC(C)C. The van der Waals surface area contributed by atoms with Crippen LogP contribution in [0.2, 0.25) is 0 Å². The molecule has 1 aromatic rings. The van der Waals surface area contributed by atoms with E-state index in [0.29, 0.717) is 5.92 Å². The highest BCUT2D eigenvalue weighted by molar-refractivity contribution is 5.99. The second kappa shape index (κ2) is 8.70. The lowest BCUT2D eigenvalue weighted by Crippen LogP contribution is -2.30. The summed E-state index contributed by atoms with van der Waals surface area (Å²) in [4.78, 5) is 23.7. The summed E-state index contributed by atoms with van der Waals surface area (Å²) in [5, 5.41) is 12.0. The van der Waals surface area contributed by atoms with Gasteiger partial charge in [-0.15, -0.1) is 0 Å². The van der Waals surface area contributed by atoms with Crippen LogP contribution < -0.4 is 5.32 Å². The molecule has 1 amide bonds. The number of hydrogen-bond acceptors (Lipinski definition) is 4. The Kier molecular flexibility index (Phi) is 6.62. The molecule has 1 aliphatic rings. The lowest BCUT2D eigenvalue weighted by Gasteiger charge is -2.11. The third kappa shape index (κ3) is 5.48. The van der Waals surface area contributed by atoms with Crippen LogP contribution in [0.3, 0.4) is 0 Å². The second-order valence-corrected chi connectivity index (χ2v) is 7.25. The molecule has 1 heterocycles. The highest BCUT2D eigenvalue weighted by Gasteiger charge is 2.24. The number of rotatable bonds is 8. The van der Waals surface area contributed by atoms with Gasteiger partial charge in [-0.1, -0.05) is 13.8 Å². The van der Waals surface area contributed by atoms with Crippen molar-refractivity contribution in [2.24, 2.45) is 5.92 Å². The van der Waals surface area contributed by atoms with Crippen molar-refractivity contribution in [1.29, 1.82) is 5.26 Å². The van der Waals surface area contributed by atoms with Crippen LogP contribution in [0.4, 0.5) is 0 Å². The summed E-state index contributed by atoms with van der Waals surface area (Å²) in [5.41, 5.74) is 2.81. The molecule has 1 aromatic heterocycles. The molecule has 0 saturated heterocycles. The number of nitrogens with zero attached hydrogens (tertiary/aromatic N) is 2. The molecule has 26 heavy (non-hydrogen) atoms. The molecule has 1 aliphatic carbocycles. The Labute approximate surface area is 154 Å². The molecule has 0 bridgehead atoms. The number of nitriles is 1. The summed E-state index contributed by atoms with van der Waals surface area (Å²) in [6.45, 7) is 8.88. The van der Waals surface area contributed by atoms with Gasteiger partial charge in [0.25, 0.3) is 5.91 Å². The number of carbonyl (C=O) groups excluding carboxylic acids is 2. The average molecular weight is 357 g/mol. The molecular formula is C20H27N3O3. The van der Waals surface area contributed by atoms with Crippen LogP contribution in [0.1, 0.15) is 50.1 Å². The quantitative estimate of drug-likeness (QED) is 0.440. The Balaban J connectivity index is 2.04. The van der Waals surface area contributed by atoms with Gasteiger partial charge in [0.2, 0.25) is 0 Å². The van der Waals surface area contributed by atoms with Crippen LogP contribution in [0.15, 0.2) is 11.6 Å². The van der Waals surface area contributed by atoms with Gasteiger partial charge in [0, 0.05) is 24.0 Å². The summed E-state index contributed by atoms with van der Waals surface area (Å²) in [7, 11) is 0. The predicted octanol–water partition coefficient (Wildman–Crippen LogP) is 2.88. The van der Waals surface area contributed by atoms with Crippen LogP contribution in [-0.4, -0.2) is 29.1 Å². The number of aromatic nitrogens is 1. The monoisotopic (exact) mass is 357 g/mol. The van der Waals surface area contributed by atoms with Crippen molar-refractivity contribution in [3.8, 4) is 6.07 Å². The highest BCUT2D eigenvalue weighted by atomic mass is 16.5. The molecule has 1 N–H and O–H groups in total. The Morgan fingerprint density at radius 1 is 1.42 bits per heavy atom. The van der Waals surface area contributed by atoms with E-state index in [-0.39, 0.29) is 24.1 Å². The Bertz CT molecular complexity index is 749. The fourth-order valence-corrected chi connectivity index (χ4v) is 2.70. The van der Waals surface area contributed by atoms with Gasteiger partial charge in [0.15, 0.2) is 6.61 Å². The van der Waals surface area contributed by atoms with Crippen molar-refractivity contribution in [2.75, 3.05) is 6.61 Å². The minimum absolute atomic E-state index is 0.103. The third-order valence-electron chi connectivity index (χ3n) is 4.46. The molecule has 0 aromatic carbocycles. The van der Waals surface area contributed by atoms with E-state index >= 15 is 0 Å². The van der Waals surface area contributed by atoms with Gasteiger partial charge in [0.05, 0.1) is 0 Å². The minimum Gasteiger partial charge on any atom is -0.451 e. The number of esters is 1. The van der Waals surface area contributed by atoms with Crippen LogP contribution >= 0.6 is 0 Å². The number of aryl methyl sites for hydroxylation is 1. The first kappa shape index (κ1) is 19.8. The van der Waals surface area contributed by atoms with Gasteiger partial charge in [-0.3, -0.25) is 4.79 Å². The second-order valence-electron chi connectivity index (χ2n) is 7.25. The molecule has 2 rings (SSSR count). The maximum absolute atomic E-state index is 12.1. The Morgan fingerprint density at radius 2 is 2.12 bits per heavy atom. The van der Waals surface area contributed by atoms with E-state index in [0.717, 1.165) is 42.8 Å². The maximum atomic E-state index is 12.1. The van der Waals surface area contributed by atoms with Gasteiger partial charge in [-0.05, 0) is 56.7 Å². The lowest BCUT2D eigenvalue weighted by molar-refractivity contribution is -0.144. The van der Waals surface area contributed by atoms with Crippen molar-refractivity contribution in [3.05, 3.63) is 28.6 Å². The number of hydrogen-bond donors (Lipinski definition) is 1. The third-order valence-corrected chi connectivity index (χ3v) is 4.46. The fraction of sp³-hybridized carbons (Fsp3) is 0.550. The Hall–Kier alpha value is -2.55. The fourth-order valence-electron chi connectivity index (χ4n) is 2.70. The van der Waals surface area contributed by atoms with Crippen LogP contribution in [-0.2, 0) is 20.9 Å². The maximum Gasteiger partial charge on any atom is 0.349 e. The first-order valence-electron chi connectivity index (χ1n) is 9.06. The zero-order valence-electron chi connectivity index (χ0n) is 16.0. The first-order valence-corrected chi connectivity index (χ1v) is 9.06. The topological polar surface area (TPSA) is 84.1 Å². The summed E-state index contributed by atoms with van der Waals surface area (Å²) in [6, 6.07) is 4.05. The van der Waals surface area contributed by atoms with Crippen molar-refractivity contribution >= 4 is 18.0 Å². The molecule has 0 spiro atoms. The molecule has 0 unspecified atom stereocenters. The van der Waals surface area contributed by atoms with E-state index in [9.17, 15) is 14.9 Å². The largest absolute Gasteiger partial charge is 0.451 e. The van der Waals surface area contributed by atoms with Crippen molar-refractivity contribution in [3.63, 3.8) is 0 Å². The molecular weight excluding hydrogens is 330 g/mol. The zero-order valence-corrected chi connectivity index (χ0v) is 16.0. The van der Waals surface area contributed by atoms with Gasteiger partial charge in [-0.25, -0.2) is 4.79 Å². The van der Waals surface area contributed by atoms with E-state index < -0.39 is 5.97 Å². The van der Waals surface area contributed by atoms with Crippen LogP contribution in [0.25, 0.3) is 6.08 Å². The number of amides is 1. The molecule has 140 valence electrons. The van der Waals surface area contributed by atoms with Crippen LogP contribution in [0, 0.1) is 31.1 Å². The molecule has 1 fully saturated rings. The smallest absolute Gasteiger partial charge is 0.349 e. The molecule has 0 atom stereocenters. The molecule has 0 aliphatic heterocycles. The van der Waals surface area contributed by atoms with E-state index in [1.54, 1.807) is 0 Å². The average Bonchev–Trinajstić information content (AvgIpc) is 3.35. The van der Waals surface area contributed by atoms with E-state index in [1.165, 1.54) is 6.08 Å². The summed E-state index contributed by atoms with van der Waals surface area (Å²) >= 11 is 0. The number of nitrogens with one attached hydrogen (secondary N) is 1. The van der Waals surface area contributed by atoms with Crippen molar-refractivity contribution < 1.29 is 14.3 Å². The van der Waals surface area contributed by atoms with E-state index in [4.69, 9.17) is 4.74 Å². The number of ether oxygens (including phenoxy) is 1. The van der Waals surface area contributed by atoms with E-state index in [2.05, 4.69) is 23.7 Å². The molecule has 1 saturated carbocycles. The minimum atomic E-state index is -0.773. The summed E-state index contributed by atoms with van der Waals surface area (Å²) in [6.07, 6.45) is 4.53. The normalized spacial score (nSPS) is 14.2. The number of carbonyl (C=O) groups is 2. The van der Waals surface area contributed by atoms with Gasteiger partial charge in [0.1, 0.15) is 11.6 Å². The molecule has 6 heteroatoms. The lowest BCUT2D eigenvalue weighted by atomic mass is 10.1. The van der Waals surface area contributed by atoms with Gasteiger partial charge in [-0.2, -0.15) is 5.26 Å². The van der Waals surface area contributed by atoms with Gasteiger partial charge >= 0.3 is 5.97 Å². The van der Waals surface area contributed by atoms with E-state index in [1.807, 2.05) is 26.0 Å². The summed E-state index contributed by atoms with van der Waals surface area (Å²) < 4.78 is 7.15. The molecule has 6 nitrogen and oxygen atoms in total. The first-order chi connectivity index (χ1) is 12.3.